The summed E-state index contributed by atoms with van der Waals surface area (Å²) in [6.45, 7) is 6.57. The van der Waals surface area contributed by atoms with Crippen molar-refractivity contribution in [3.8, 4) is 0 Å². The molecule has 15 heavy (non-hydrogen) atoms. The summed E-state index contributed by atoms with van der Waals surface area (Å²) >= 11 is 0. The lowest BCUT2D eigenvalue weighted by Crippen LogP contribution is -2.56. The van der Waals surface area contributed by atoms with E-state index in [1.165, 1.54) is 6.92 Å². The Kier molecular flexibility index (Phi) is 4.12. The van der Waals surface area contributed by atoms with Crippen LogP contribution >= 0.6 is 0 Å². The van der Waals surface area contributed by atoms with E-state index in [4.69, 9.17) is 5.11 Å². The van der Waals surface area contributed by atoms with Crippen LogP contribution in [0.2, 0.25) is 0 Å². The maximum atomic E-state index is 11.0. The summed E-state index contributed by atoms with van der Waals surface area (Å²) in [5.74, 6) is 0. The summed E-state index contributed by atoms with van der Waals surface area (Å²) in [6.07, 6.45) is -0.963. The van der Waals surface area contributed by atoms with Gasteiger partial charge in [0.25, 0.3) is 0 Å². The summed E-state index contributed by atoms with van der Waals surface area (Å²) in [5, 5.41) is 8.97. The normalized spacial score (nSPS) is 14.7. The number of rotatable bonds is 3. The number of carbonyl (C=O) groups is 1. The molecule has 2 N–H and O–H groups in total. The molecule has 0 aliphatic carbocycles. The Morgan fingerprint density at radius 3 is 2.00 bits per heavy atom. The quantitative estimate of drug-likeness (QED) is 0.707. The van der Waals surface area contributed by atoms with Gasteiger partial charge in [-0.15, -0.1) is 0 Å². The topological polar surface area (TPSA) is 86.7 Å². The van der Waals surface area contributed by atoms with E-state index in [0.29, 0.717) is 0 Å². The molecule has 90 valence electrons. The first-order valence-corrected chi connectivity index (χ1v) is 6.34. The molecule has 0 heterocycles. The van der Waals surface area contributed by atoms with Crippen molar-refractivity contribution in [1.82, 2.24) is 9.62 Å². The first kappa shape index (κ1) is 14.2. The minimum absolute atomic E-state index is 0.664. The predicted molar refractivity (Wildman–Crippen MR) is 57.1 cm³/mol. The fraction of sp³-hybridized carbons (Fsp3) is 0.875. The van der Waals surface area contributed by atoms with Crippen LogP contribution in [0.25, 0.3) is 0 Å². The number of nitrogens with one attached hydrogen (secondary N) is 1. The largest absolute Gasteiger partial charge is 0.465 e. The first-order chi connectivity index (χ1) is 6.45. The third kappa shape index (κ3) is 4.98. The van der Waals surface area contributed by atoms with Crippen LogP contribution in [0.3, 0.4) is 0 Å². The Balaban J connectivity index is 4.89. The van der Waals surface area contributed by atoms with Gasteiger partial charge in [-0.1, -0.05) is 0 Å². The van der Waals surface area contributed by atoms with Crippen molar-refractivity contribution >= 4 is 16.1 Å². The zero-order valence-corrected chi connectivity index (χ0v) is 10.4. The molecule has 0 spiro atoms. The minimum atomic E-state index is -3.42. The molecule has 0 rings (SSSR count). The molecule has 0 aliphatic heterocycles. The second-order valence-electron chi connectivity index (χ2n) is 4.39. The van der Waals surface area contributed by atoms with Crippen LogP contribution in [0, 0.1) is 0 Å². The lowest BCUT2D eigenvalue weighted by Gasteiger charge is -2.37. The highest BCUT2D eigenvalue weighted by atomic mass is 32.2. The van der Waals surface area contributed by atoms with Crippen LogP contribution in [0.15, 0.2) is 0 Å². The monoisotopic (exact) mass is 238 g/mol. The lowest BCUT2D eigenvalue weighted by atomic mass is 10.1. The van der Waals surface area contributed by atoms with Crippen molar-refractivity contribution in [2.24, 2.45) is 0 Å². The molecule has 0 aromatic rings. The van der Waals surface area contributed by atoms with Crippen LogP contribution in [0.4, 0.5) is 4.79 Å². The van der Waals surface area contributed by atoms with Crippen LogP contribution in [0.1, 0.15) is 27.7 Å². The van der Waals surface area contributed by atoms with Gasteiger partial charge in [0, 0.05) is 5.54 Å². The second-order valence-corrected chi connectivity index (χ2v) is 6.17. The second kappa shape index (κ2) is 4.36. The molecular weight excluding hydrogens is 220 g/mol. The molecule has 0 aromatic heterocycles. The number of nitrogens with zero attached hydrogens (tertiary/aromatic N) is 1. The van der Waals surface area contributed by atoms with Gasteiger partial charge in [-0.25, -0.2) is 13.2 Å². The van der Waals surface area contributed by atoms with E-state index < -0.39 is 27.8 Å². The van der Waals surface area contributed by atoms with E-state index in [0.717, 1.165) is 11.2 Å². The smallest absolute Gasteiger partial charge is 0.409 e. The molecule has 1 unspecified atom stereocenters. The van der Waals surface area contributed by atoms with Gasteiger partial charge in [-0.05, 0) is 27.7 Å². The van der Waals surface area contributed by atoms with E-state index in [-0.39, 0.29) is 0 Å². The third-order valence-corrected chi connectivity index (χ3v) is 2.47. The minimum Gasteiger partial charge on any atom is -0.465 e. The van der Waals surface area contributed by atoms with Crippen LogP contribution in [0.5, 0.6) is 0 Å². The van der Waals surface area contributed by atoms with Gasteiger partial charge >= 0.3 is 6.09 Å². The van der Waals surface area contributed by atoms with E-state index >= 15 is 0 Å². The highest BCUT2D eigenvalue weighted by Crippen LogP contribution is 2.16. The van der Waals surface area contributed by atoms with Gasteiger partial charge < -0.3 is 5.11 Å². The van der Waals surface area contributed by atoms with Crippen molar-refractivity contribution in [2.45, 2.75) is 39.4 Å². The average molecular weight is 238 g/mol. The van der Waals surface area contributed by atoms with Crippen molar-refractivity contribution in [3.05, 3.63) is 0 Å². The van der Waals surface area contributed by atoms with E-state index in [2.05, 4.69) is 4.72 Å². The zero-order chi connectivity index (χ0) is 12.4. The summed E-state index contributed by atoms with van der Waals surface area (Å²) in [7, 11) is -3.42. The fourth-order valence-corrected chi connectivity index (χ4v) is 2.12. The molecule has 1 atom stereocenters. The van der Waals surface area contributed by atoms with Gasteiger partial charge in [-0.3, -0.25) is 4.90 Å². The molecular formula is C8H18N2O4S. The Hall–Kier alpha value is -0.820. The maximum Gasteiger partial charge on any atom is 0.409 e. The molecule has 0 fully saturated rings. The SMILES string of the molecule is CC(NS(C)(=O)=O)N(C(=O)O)C(C)(C)C. The van der Waals surface area contributed by atoms with E-state index in [1.807, 2.05) is 0 Å². The van der Waals surface area contributed by atoms with E-state index in [1.54, 1.807) is 20.8 Å². The lowest BCUT2D eigenvalue weighted by molar-refractivity contribution is 0.0725. The first-order valence-electron chi connectivity index (χ1n) is 4.44. The van der Waals surface area contributed by atoms with Crippen molar-refractivity contribution < 1.29 is 18.3 Å². The molecule has 1 amide bonds. The third-order valence-electron chi connectivity index (χ3n) is 1.70. The molecule has 6 nitrogen and oxygen atoms in total. The van der Waals surface area contributed by atoms with Crippen molar-refractivity contribution in [3.63, 3.8) is 0 Å². The number of hydrogen-bond acceptors (Lipinski definition) is 3. The fourth-order valence-electron chi connectivity index (χ4n) is 1.40. The number of hydrogen-bond donors (Lipinski definition) is 2. The summed E-state index contributed by atoms with van der Waals surface area (Å²) in [4.78, 5) is 12.0. The van der Waals surface area contributed by atoms with Gasteiger partial charge in [-0.2, -0.15) is 4.72 Å². The number of sulfonamides is 1. The van der Waals surface area contributed by atoms with E-state index in [9.17, 15) is 13.2 Å². The summed E-state index contributed by atoms with van der Waals surface area (Å²) in [6, 6.07) is 0. The molecule has 0 aromatic carbocycles. The molecule has 0 aliphatic rings. The van der Waals surface area contributed by atoms with Crippen molar-refractivity contribution in [1.29, 1.82) is 0 Å². The van der Waals surface area contributed by atoms with Crippen LogP contribution in [-0.2, 0) is 10.0 Å². The number of amides is 1. The standard InChI is InChI=1S/C8H18N2O4S/c1-6(9-15(5,13)14)10(7(11)12)8(2,3)4/h6,9H,1-5H3,(H,11,12). The molecule has 0 radical (unpaired) electrons. The Bertz CT molecular complexity index is 331. The Morgan fingerprint density at radius 1 is 1.40 bits per heavy atom. The van der Waals surface area contributed by atoms with Gasteiger partial charge in [0.15, 0.2) is 0 Å². The van der Waals surface area contributed by atoms with Gasteiger partial charge in [0.05, 0.1) is 12.4 Å². The Morgan fingerprint density at radius 2 is 1.80 bits per heavy atom. The van der Waals surface area contributed by atoms with Gasteiger partial charge in [0.2, 0.25) is 10.0 Å². The summed E-state index contributed by atoms with van der Waals surface area (Å²) in [5.41, 5.74) is -0.664. The van der Waals surface area contributed by atoms with Crippen LogP contribution < -0.4 is 4.72 Å². The zero-order valence-electron chi connectivity index (χ0n) is 9.60. The average Bonchev–Trinajstić information content (AvgIpc) is 1.74. The summed E-state index contributed by atoms with van der Waals surface area (Å²) < 4.78 is 24.2. The Labute approximate surface area is 90.3 Å². The van der Waals surface area contributed by atoms with Crippen LogP contribution in [-0.4, -0.2) is 42.5 Å². The molecule has 0 saturated heterocycles. The highest BCUT2D eigenvalue weighted by molar-refractivity contribution is 7.88. The van der Waals surface area contributed by atoms with Crippen molar-refractivity contribution in [2.75, 3.05) is 6.26 Å². The molecule has 0 bridgehead atoms. The number of carboxylic acid groups (broad SMARTS) is 1. The highest BCUT2D eigenvalue weighted by Gasteiger charge is 2.31. The maximum absolute atomic E-state index is 11.0. The molecule has 0 saturated carbocycles. The molecule has 7 heteroatoms. The van der Waals surface area contributed by atoms with Gasteiger partial charge in [0.1, 0.15) is 0 Å². The predicted octanol–water partition coefficient (Wildman–Crippen LogP) is 0.660.